The first kappa shape index (κ1) is 24.6. The van der Waals surface area contributed by atoms with E-state index in [-0.39, 0.29) is 27.8 Å². The first-order chi connectivity index (χ1) is 15.7. The van der Waals surface area contributed by atoms with Crippen molar-refractivity contribution in [1.29, 1.82) is 0 Å². The molecule has 2 aromatic heterocycles. The number of nitrogens with two attached hydrogens (primary N) is 1. The van der Waals surface area contributed by atoms with Crippen LogP contribution in [0.2, 0.25) is 5.02 Å². The number of thioether (sulfide) groups is 1. The van der Waals surface area contributed by atoms with Crippen LogP contribution in [0.4, 0.5) is 5.00 Å². The van der Waals surface area contributed by atoms with E-state index in [4.69, 9.17) is 26.8 Å². The number of ether oxygens (including phenoxy) is 2. The molecule has 0 aliphatic carbocycles. The summed E-state index contributed by atoms with van der Waals surface area (Å²) >= 11 is 7.95. The van der Waals surface area contributed by atoms with Crippen molar-refractivity contribution in [2.45, 2.75) is 18.7 Å². The molecule has 0 aliphatic rings. The van der Waals surface area contributed by atoms with Crippen molar-refractivity contribution in [2.75, 3.05) is 18.2 Å². The number of thiophene rings is 1. The maximum Gasteiger partial charge on any atom is 0.341 e. The van der Waals surface area contributed by atoms with Crippen LogP contribution >= 0.6 is 34.7 Å². The Hall–Kier alpha value is -3.09. The molecule has 3 aromatic rings. The number of aromatic nitrogens is 3. The highest BCUT2D eigenvalue weighted by atomic mass is 35.5. The van der Waals surface area contributed by atoms with Crippen molar-refractivity contribution in [1.82, 2.24) is 14.8 Å². The average molecular weight is 510 g/mol. The Balaban J connectivity index is 1.62. The van der Waals surface area contributed by atoms with Crippen molar-refractivity contribution in [3.05, 3.63) is 51.1 Å². The Morgan fingerprint density at radius 1 is 1.24 bits per heavy atom. The number of carbonyl (C=O) groups excluding carboxylic acids is 3. The fourth-order valence-corrected chi connectivity index (χ4v) is 4.67. The lowest BCUT2D eigenvalue weighted by atomic mass is 10.1. The number of nitrogens with one attached hydrogen (secondary N) is 1. The van der Waals surface area contributed by atoms with Gasteiger partial charge in [0.05, 0.1) is 23.3 Å². The molecule has 13 heteroatoms. The molecule has 0 saturated carbocycles. The molecule has 0 atom stereocenters. The molecule has 0 spiro atoms. The molecule has 0 bridgehead atoms. The summed E-state index contributed by atoms with van der Waals surface area (Å²) in [6.07, 6.45) is 0. The van der Waals surface area contributed by atoms with Crippen LogP contribution in [0.15, 0.2) is 29.4 Å². The number of rotatable bonds is 9. The lowest BCUT2D eigenvalue weighted by Crippen LogP contribution is -2.16. The van der Waals surface area contributed by atoms with Gasteiger partial charge in [0.15, 0.2) is 11.0 Å². The Labute approximate surface area is 202 Å². The zero-order valence-electron chi connectivity index (χ0n) is 17.9. The quantitative estimate of drug-likeness (QED) is 0.331. The van der Waals surface area contributed by atoms with Gasteiger partial charge in [-0.15, -0.1) is 21.5 Å². The second kappa shape index (κ2) is 10.7. The highest BCUT2D eigenvalue weighted by Gasteiger charge is 2.25. The zero-order chi connectivity index (χ0) is 24.1. The topological polar surface area (TPSA) is 138 Å². The third kappa shape index (κ3) is 5.83. The molecular formula is C20H20ClN5O5S2. The number of methoxy groups -OCH3 is 1. The fourth-order valence-electron chi connectivity index (χ4n) is 2.75. The minimum absolute atomic E-state index is 0.00647. The number of benzene rings is 1. The number of esters is 1. The Morgan fingerprint density at radius 3 is 2.58 bits per heavy atom. The van der Waals surface area contributed by atoms with Gasteiger partial charge in [-0.2, -0.15) is 0 Å². The first-order valence-electron chi connectivity index (χ1n) is 9.42. The molecule has 33 heavy (non-hydrogen) atoms. The van der Waals surface area contributed by atoms with Crippen LogP contribution in [-0.2, 0) is 23.2 Å². The van der Waals surface area contributed by atoms with Crippen molar-refractivity contribution < 1.29 is 23.9 Å². The molecule has 3 N–H and O–H groups in total. The normalized spacial score (nSPS) is 10.7. The van der Waals surface area contributed by atoms with Gasteiger partial charge in [-0.1, -0.05) is 23.4 Å². The first-order valence-corrected chi connectivity index (χ1v) is 11.6. The molecule has 2 heterocycles. The number of hydrogen-bond acceptors (Lipinski definition) is 9. The summed E-state index contributed by atoms with van der Waals surface area (Å²) in [7, 11) is 2.98. The van der Waals surface area contributed by atoms with E-state index in [1.54, 1.807) is 42.8 Å². The molecule has 3 rings (SSSR count). The lowest BCUT2D eigenvalue weighted by Gasteiger charge is -2.07. The van der Waals surface area contributed by atoms with Crippen LogP contribution < -0.4 is 15.8 Å². The molecule has 0 fully saturated rings. The number of hydrogen-bond donors (Lipinski definition) is 2. The summed E-state index contributed by atoms with van der Waals surface area (Å²) < 4.78 is 12.2. The second-order valence-electron chi connectivity index (χ2n) is 6.65. The van der Waals surface area contributed by atoms with E-state index in [2.05, 4.69) is 15.5 Å². The van der Waals surface area contributed by atoms with E-state index in [0.29, 0.717) is 27.3 Å². The standard InChI is InChI=1S/C20H20ClN5O5S2/c1-10-15(19(29)30-3)18(33-16(10)17(22)28)23-14(27)9-32-20-25-24-13(26(20)2)8-31-12-6-4-11(21)5-7-12/h4-7H,8-9H2,1-3H3,(H2,22,28)(H,23,27). The minimum atomic E-state index is -0.690. The van der Waals surface area contributed by atoms with E-state index >= 15 is 0 Å². The van der Waals surface area contributed by atoms with E-state index in [1.165, 1.54) is 7.11 Å². The number of halogens is 1. The Bertz CT molecular complexity index is 1190. The molecule has 1 aromatic carbocycles. The summed E-state index contributed by atoms with van der Waals surface area (Å²) in [4.78, 5) is 36.4. The van der Waals surface area contributed by atoms with Gasteiger partial charge in [-0.05, 0) is 36.8 Å². The number of nitrogens with zero attached hydrogens (tertiary/aromatic N) is 3. The van der Waals surface area contributed by atoms with E-state index in [9.17, 15) is 14.4 Å². The maximum atomic E-state index is 12.5. The second-order valence-corrected chi connectivity index (χ2v) is 9.05. The third-order valence-corrected chi connectivity index (χ3v) is 6.95. The molecule has 0 aliphatic heterocycles. The van der Waals surface area contributed by atoms with Gasteiger partial charge in [0.2, 0.25) is 5.91 Å². The number of anilines is 1. The average Bonchev–Trinajstić information content (AvgIpc) is 3.30. The number of carbonyl (C=O) groups is 3. The summed E-state index contributed by atoms with van der Waals surface area (Å²) in [6.45, 7) is 1.76. The van der Waals surface area contributed by atoms with E-state index in [0.717, 1.165) is 23.1 Å². The van der Waals surface area contributed by atoms with Crippen LogP contribution in [-0.4, -0.2) is 45.4 Å². The van der Waals surface area contributed by atoms with Crippen LogP contribution in [0.25, 0.3) is 0 Å². The molecule has 0 saturated heterocycles. The molecule has 174 valence electrons. The molecule has 10 nitrogen and oxygen atoms in total. The van der Waals surface area contributed by atoms with Crippen LogP contribution in [0.3, 0.4) is 0 Å². The lowest BCUT2D eigenvalue weighted by molar-refractivity contribution is -0.113. The monoisotopic (exact) mass is 509 g/mol. The smallest absolute Gasteiger partial charge is 0.341 e. The fraction of sp³-hybridized carbons (Fsp3) is 0.250. The van der Waals surface area contributed by atoms with Crippen molar-refractivity contribution in [2.24, 2.45) is 12.8 Å². The maximum absolute atomic E-state index is 12.5. The SMILES string of the molecule is COC(=O)c1c(NC(=O)CSc2nnc(COc3ccc(Cl)cc3)n2C)sc(C(N)=O)c1C. The predicted molar refractivity (Wildman–Crippen MR) is 125 cm³/mol. The summed E-state index contributed by atoms with van der Waals surface area (Å²) in [5.41, 5.74) is 5.83. The predicted octanol–water partition coefficient (Wildman–Crippen LogP) is 3.03. The molecule has 0 unspecified atom stereocenters. The van der Waals surface area contributed by atoms with Crippen LogP contribution in [0.1, 0.15) is 31.4 Å². The highest BCUT2D eigenvalue weighted by molar-refractivity contribution is 7.99. The molecule has 0 radical (unpaired) electrons. The van der Waals surface area contributed by atoms with Gasteiger partial charge >= 0.3 is 5.97 Å². The Morgan fingerprint density at radius 2 is 1.94 bits per heavy atom. The van der Waals surface area contributed by atoms with Crippen molar-refractivity contribution in [3.8, 4) is 5.75 Å². The van der Waals surface area contributed by atoms with Crippen LogP contribution in [0.5, 0.6) is 5.75 Å². The van der Waals surface area contributed by atoms with Gasteiger partial charge in [0.1, 0.15) is 17.4 Å². The minimum Gasteiger partial charge on any atom is -0.486 e. The van der Waals surface area contributed by atoms with Crippen LogP contribution in [0, 0.1) is 6.92 Å². The van der Waals surface area contributed by atoms with Gasteiger partial charge < -0.3 is 25.1 Å². The number of primary amides is 1. The molecule has 2 amide bonds. The van der Waals surface area contributed by atoms with Gasteiger partial charge in [0, 0.05) is 12.1 Å². The molecular weight excluding hydrogens is 490 g/mol. The van der Waals surface area contributed by atoms with Crippen molar-refractivity contribution >= 4 is 57.5 Å². The summed E-state index contributed by atoms with van der Waals surface area (Å²) in [6, 6.07) is 6.94. The summed E-state index contributed by atoms with van der Waals surface area (Å²) in [5.74, 6) is -0.556. The van der Waals surface area contributed by atoms with Gasteiger partial charge in [0.25, 0.3) is 5.91 Å². The van der Waals surface area contributed by atoms with Crippen molar-refractivity contribution in [3.63, 3.8) is 0 Å². The van der Waals surface area contributed by atoms with E-state index < -0.39 is 17.8 Å². The highest BCUT2D eigenvalue weighted by Crippen LogP contribution is 2.33. The van der Waals surface area contributed by atoms with Gasteiger partial charge in [-0.3, -0.25) is 9.59 Å². The summed E-state index contributed by atoms with van der Waals surface area (Å²) in [5, 5.41) is 12.1. The zero-order valence-corrected chi connectivity index (χ0v) is 20.3. The Kier molecular flexibility index (Phi) is 7.95. The van der Waals surface area contributed by atoms with E-state index in [1.807, 2.05) is 0 Å². The third-order valence-electron chi connectivity index (χ3n) is 4.45. The largest absolute Gasteiger partial charge is 0.486 e. The number of amides is 2. The van der Waals surface area contributed by atoms with Gasteiger partial charge in [-0.25, -0.2) is 4.79 Å².